The second kappa shape index (κ2) is 9.35. The lowest BCUT2D eigenvalue weighted by molar-refractivity contribution is -0.0497. The van der Waals surface area contributed by atoms with Gasteiger partial charge in [-0.2, -0.15) is 18.6 Å². The van der Waals surface area contributed by atoms with Crippen molar-refractivity contribution < 1.29 is 13.5 Å². The van der Waals surface area contributed by atoms with Gasteiger partial charge in [0.2, 0.25) is 0 Å². The molecule has 3 rings (SSSR count). The highest BCUT2D eigenvalue weighted by molar-refractivity contribution is 6.35. The molecule has 12 heteroatoms. The fraction of sp³-hybridized carbons (Fsp3) is 0.222. The van der Waals surface area contributed by atoms with Crippen molar-refractivity contribution in [3.05, 3.63) is 47.9 Å². The van der Waals surface area contributed by atoms with E-state index in [2.05, 4.69) is 46.8 Å². The number of benzene rings is 1. The van der Waals surface area contributed by atoms with Crippen molar-refractivity contribution in [2.75, 3.05) is 5.32 Å². The Morgan fingerprint density at radius 2 is 2.10 bits per heavy atom. The van der Waals surface area contributed by atoms with Crippen LogP contribution in [0, 0.1) is 0 Å². The van der Waals surface area contributed by atoms with Gasteiger partial charge in [0.1, 0.15) is 24.2 Å². The summed E-state index contributed by atoms with van der Waals surface area (Å²) in [6.07, 6.45) is 5.95. The number of anilines is 1. The number of allylic oxidation sites excluding steroid dienone is 1. The van der Waals surface area contributed by atoms with Crippen LogP contribution in [-0.2, 0) is 0 Å². The standard InChI is InChI=1S/C18H17ClF2N8O/c1-4-5-23-18(22-3)29-16(26-9-27-29)10(2)28-15-12-6-11(30-17(20)21)7-13(19)14(12)24-8-25-15/h4-10,17H,3H2,1-2H3,(H,24,25,28)/b5-4-,23-18?. The van der Waals surface area contributed by atoms with Crippen molar-refractivity contribution in [2.24, 2.45) is 9.98 Å². The van der Waals surface area contributed by atoms with E-state index in [4.69, 9.17) is 11.6 Å². The van der Waals surface area contributed by atoms with E-state index in [1.165, 1.54) is 29.5 Å². The van der Waals surface area contributed by atoms with Crippen LogP contribution in [0.2, 0.25) is 5.02 Å². The number of aliphatic imine (C=N–C) groups is 2. The summed E-state index contributed by atoms with van der Waals surface area (Å²) in [6.45, 7) is 4.14. The highest BCUT2D eigenvalue weighted by atomic mass is 35.5. The third-order valence-corrected chi connectivity index (χ3v) is 4.16. The molecule has 3 aromatic rings. The van der Waals surface area contributed by atoms with Gasteiger partial charge in [0, 0.05) is 17.7 Å². The largest absolute Gasteiger partial charge is 0.435 e. The number of aromatic nitrogens is 5. The summed E-state index contributed by atoms with van der Waals surface area (Å²) in [5, 5.41) is 7.85. The SMILES string of the molecule is C=NC(=N/C=C\C)n1ncnc1C(C)Nc1ncnc2c(Cl)cc(OC(F)F)cc12. The molecule has 0 saturated carbocycles. The molecular weight excluding hydrogens is 418 g/mol. The quantitative estimate of drug-likeness (QED) is 0.463. The number of nitrogens with one attached hydrogen (secondary N) is 1. The van der Waals surface area contributed by atoms with Gasteiger partial charge in [-0.05, 0) is 26.6 Å². The Bertz CT molecular complexity index is 1110. The van der Waals surface area contributed by atoms with Crippen molar-refractivity contribution in [3.8, 4) is 5.75 Å². The first-order chi connectivity index (χ1) is 14.4. The van der Waals surface area contributed by atoms with Gasteiger partial charge in [-0.1, -0.05) is 17.7 Å². The first-order valence-corrected chi connectivity index (χ1v) is 9.04. The molecule has 9 nitrogen and oxygen atoms in total. The summed E-state index contributed by atoms with van der Waals surface area (Å²) in [5.41, 5.74) is 0.382. The van der Waals surface area contributed by atoms with Crippen LogP contribution in [0.15, 0.2) is 47.0 Å². The van der Waals surface area contributed by atoms with Crippen LogP contribution in [0.4, 0.5) is 14.6 Å². The molecule has 0 aliphatic carbocycles. The zero-order chi connectivity index (χ0) is 21.7. The summed E-state index contributed by atoms with van der Waals surface area (Å²) in [7, 11) is 0. The van der Waals surface area contributed by atoms with Crippen molar-refractivity contribution in [1.82, 2.24) is 24.7 Å². The number of alkyl halides is 2. The monoisotopic (exact) mass is 434 g/mol. The number of rotatable bonds is 6. The number of hydrogen-bond acceptors (Lipinski definition) is 7. The van der Waals surface area contributed by atoms with Gasteiger partial charge in [-0.15, -0.1) is 0 Å². The van der Waals surface area contributed by atoms with Gasteiger partial charge in [-0.25, -0.2) is 24.9 Å². The molecule has 0 spiro atoms. The first kappa shape index (κ1) is 21.2. The molecule has 0 fully saturated rings. The van der Waals surface area contributed by atoms with Gasteiger partial charge in [-0.3, -0.25) is 0 Å². The van der Waals surface area contributed by atoms with Crippen LogP contribution in [-0.4, -0.2) is 44.0 Å². The average Bonchev–Trinajstić information content (AvgIpc) is 3.18. The maximum Gasteiger partial charge on any atom is 0.387 e. The smallest absolute Gasteiger partial charge is 0.387 e. The minimum atomic E-state index is -2.99. The van der Waals surface area contributed by atoms with E-state index in [1.54, 1.807) is 12.3 Å². The molecule has 1 unspecified atom stereocenters. The summed E-state index contributed by atoms with van der Waals surface area (Å²) >= 11 is 6.18. The molecule has 2 aromatic heterocycles. The zero-order valence-electron chi connectivity index (χ0n) is 16.0. The molecule has 0 saturated heterocycles. The summed E-state index contributed by atoms with van der Waals surface area (Å²) in [6, 6.07) is 2.23. The predicted octanol–water partition coefficient (Wildman–Crippen LogP) is 4.09. The lowest BCUT2D eigenvalue weighted by Gasteiger charge is -2.16. The molecule has 1 aromatic carbocycles. The van der Waals surface area contributed by atoms with E-state index in [0.717, 1.165) is 0 Å². The Morgan fingerprint density at radius 1 is 1.30 bits per heavy atom. The van der Waals surface area contributed by atoms with Crippen molar-refractivity contribution in [2.45, 2.75) is 26.5 Å². The Hall–Kier alpha value is -3.47. The lowest BCUT2D eigenvalue weighted by Crippen LogP contribution is -2.20. The Kier molecular flexibility index (Phi) is 6.62. The molecule has 0 aliphatic heterocycles. The molecule has 1 atom stereocenters. The second-order valence-corrected chi connectivity index (χ2v) is 6.27. The van der Waals surface area contributed by atoms with E-state index < -0.39 is 12.7 Å². The molecule has 156 valence electrons. The van der Waals surface area contributed by atoms with E-state index in [0.29, 0.717) is 22.5 Å². The van der Waals surface area contributed by atoms with E-state index in [-0.39, 0.29) is 16.7 Å². The Morgan fingerprint density at radius 3 is 2.80 bits per heavy atom. The molecule has 0 aliphatic rings. The number of hydrogen-bond donors (Lipinski definition) is 1. The highest BCUT2D eigenvalue weighted by Crippen LogP contribution is 2.32. The number of nitrogens with zero attached hydrogens (tertiary/aromatic N) is 7. The molecule has 0 bridgehead atoms. The number of fused-ring (bicyclic) bond motifs is 1. The average molecular weight is 435 g/mol. The Balaban J connectivity index is 1.98. The fourth-order valence-electron chi connectivity index (χ4n) is 2.66. The van der Waals surface area contributed by atoms with Crippen LogP contribution in [0.1, 0.15) is 25.7 Å². The van der Waals surface area contributed by atoms with Crippen molar-refractivity contribution >= 4 is 41.0 Å². The van der Waals surface area contributed by atoms with Crippen LogP contribution < -0.4 is 10.1 Å². The maximum atomic E-state index is 12.6. The molecule has 1 N–H and O–H groups in total. The van der Waals surface area contributed by atoms with E-state index in [9.17, 15) is 8.78 Å². The molecule has 0 amide bonds. The minimum Gasteiger partial charge on any atom is -0.435 e. The van der Waals surface area contributed by atoms with E-state index >= 15 is 0 Å². The lowest BCUT2D eigenvalue weighted by atomic mass is 10.2. The third kappa shape index (κ3) is 4.57. The van der Waals surface area contributed by atoms with Crippen LogP contribution in [0.5, 0.6) is 5.75 Å². The van der Waals surface area contributed by atoms with Gasteiger partial charge >= 0.3 is 6.61 Å². The molecule has 30 heavy (non-hydrogen) atoms. The first-order valence-electron chi connectivity index (χ1n) is 8.66. The predicted molar refractivity (Wildman–Crippen MR) is 110 cm³/mol. The third-order valence-electron chi connectivity index (χ3n) is 3.88. The normalized spacial score (nSPS) is 13.2. The van der Waals surface area contributed by atoms with Crippen LogP contribution in [0.25, 0.3) is 10.9 Å². The molecule has 0 radical (unpaired) electrons. The number of ether oxygens (including phenoxy) is 1. The van der Waals surface area contributed by atoms with Crippen molar-refractivity contribution in [3.63, 3.8) is 0 Å². The highest BCUT2D eigenvalue weighted by Gasteiger charge is 2.19. The summed E-state index contributed by atoms with van der Waals surface area (Å²) in [5.74, 6) is 0.955. The van der Waals surface area contributed by atoms with Crippen LogP contribution >= 0.6 is 11.6 Å². The fourth-order valence-corrected chi connectivity index (χ4v) is 2.92. The Labute approximate surface area is 175 Å². The van der Waals surface area contributed by atoms with E-state index in [1.807, 2.05) is 13.8 Å². The van der Waals surface area contributed by atoms with Gasteiger partial charge in [0.25, 0.3) is 5.96 Å². The number of halogens is 3. The second-order valence-electron chi connectivity index (χ2n) is 5.87. The summed E-state index contributed by atoms with van der Waals surface area (Å²) in [4.78, 5) is 20.6. The van der Waals surface area contributed by atoms with Gasteiger partial charge in [0.15, 0.2) is 5.82 Å². The maximum absolute atomic E-state index is 12.6. The van der Waals surface area contributed by atoms with Gasteiger partial charge < -0.3 is 10.1 Å². The summed E-state index contributed by atoms with van der Waals surface area (Å²) < 4.78 is 31.2. The van der Waals surface area contributed by atoms with Crippen LogP contribution in [0.3, 0.4) is 0 Å². The molecule has 2 heterocycles. The van der Waals surface area contributed by atoms with Gasteiger partial charge in [0.05, 0.1) is 16.6 Å². The zero-order valence-corrected chi connectivity index (χ0v) is 16.8. The van der Waals surface area contributed by atoms with Crippen molar-refractivity contribution in [1.29, 1.82) is 0 Å². The molecular formula is C18H17ClF2N8O. The minimum absolute atomic E-state index is 0.104. The topological polar surface area (TPSA) is 102 Å².